The Hall–Kier alpha value is -0.970. The van der Waals surface area contributed by atoms with Crippen LogP contribution in [0.3, 0.4) is 0 Å². The molecule has 0 atom stereocenters. The van der Waals surface area contributed by atoms with Crippen LogP contribution >= 0.6 is 0 Å². The van der Waals surface area contributed by atoms with Gasteiger partial charge in [0.2, 0.25) is 0 Å². The van der Waals surface area contributed by atoms with Gasteiger partial charge >= 0.3 is 0 Å². The highest BCUT2D eigenvalue weighted by molar-refractivity contribution is 5.01. The van der Waals surface area contributed by atoms with Crippen LogP contribution in [0.5, 0.6) is 0 Å². The SMILES string of the molecule is NC1(c2nn[nH]n2)CCCCCCCCCCC1. The molecule has 0 amide bonds. The fourth-order valence-electron chi connectivity index (χ4n) is 2.84. The molecule has 1 aromatic heterocycles. The Bertz CT molecular complexity index is 310. The van der Waals surface area contributed by atoms with Crippen molar-refractivity contribution in [1.82, 2.24) is 20.6 Å². The Kier molecular flexibility index (Phi) is 5.11. The standard InChI is InChI=1S/C13H25N5/c14-13(12-15-17-18-16-12)10-8-6-4-2-1-3-5-7-9-11-13/h1-11,14H2,(H,15,16,17,18). The second-order valence-electron chi connectivity index (χ2n) is 5.57. The minimum atomic E-state index is -0.369. The van der Waals surface area contributed by atoms with Gasteiger partial charge in [0.1, 0.15) is 0 Å². The molecule has 5 heteroatoms. The summed E-state index contributed by atoms with van der Waals surface area (Å²) in [5.41, 5.74) is 6.15. The van der Waals surface area contributed by atoms with Crippen LogP contribution in [-0.4, -0.2) is 20.6 Å². The second kappa shape index (κ2) is 6.83. The normalized spacial score (nSPS) is 22.9. The van der Waals surface area contributed by atoms with Crippen LogP contribution in [0.2, 0.25) is 0 Å². The quantitative estimate of drug-likeness (QED) is 0.804. The van der Waals surface area contributed by atoms with Crippen LogP contribution in [-0.2, 0) is 5.54 Å². The summed E-state index contributed by atoms with van der Waals surface area (Å²) in [5.74, 6) is 0.694. The zero-order valence-electron chi connectivity index (χ0n) is 11.2. The van der Waals surface area contributed by atoms with Gasteiger partial charge in [0.05, 0.1) is 5.54 Å². The molecule has 1 fully saturated rings. The molecule has 102 valence electrons. The summed E-state index contributed by atoms with van der Waals surface area (Å²) in [5, 5.41) is 14.4. The lowest BCUT2D eigenvalue weighted by atomic mass is 9.86. The third-order valence-electron chi connectivity index (χ3n) is 4.04. The molecule has 18 heavy (non-hydrogen) atoms. The summed E-state index contributed by atoms with van der Waals surface area (Å²) in [4.78, 5) is 0. The summed E-state index contributed by atoms with van der Waals surface area (Å²) in [7, 11) is 0. The van der Waals surface area contributed by atoms with E-state index in [9.17, 15) is 0 Å². The Labute approximate surface area is 109 Å². The van der Waals surface area contributed by atoms with Crippen molar-refractivity contribution >= 4 is 0 Å². The summed E-state index contributed by atoms with van der Waals surface area (Å²) < 4.78 is 0. The Morgan fingerprint density at radius 1 is 0.833 bits per heavy atom. The van der Waals surface area contributed by atoms with Gasteiger partial charge in [-0.1, -0.05) is 63.0 Å². The number of rotatable bonds is 1. The van der Waals surface area contributed by atoms with E-state index in [1.165, 1.54) is 57.8 Å². The van der Waals surface area contributed by atoms with E-state index in [-0.39, 0.29) is 5.54 Å². The summed E-state index contributed by atoms with van der Waals surface area (Å²) >= 11 is 0. The lowest BCUT2D eigenvalue weighted by molar-refractivity contribution is 0.322. The van der Waals surface area contributed by atoms with Crippen molar-refractivity contribution < 1.29 is 0 Å². The van der Waals surface area contributed by atoms with Crippen LogP contribution in [0.15, 0.2) is 0 Å². The average molecular weight is 251 g/mol. The number of hydrogen-bond acceptors (Lipinski definition) is 4. The first-order chi connectivity index (χ1) is 8.81. The van der Waals surface area contributed by atoms with E-state index in [4.69, 9.17) is 5.73 Å². The minimum absolute atomic E-state index is 0.369. The predicted octanol–water partition coefficient (Wildman–Crippen LogP) is 2.66. The molecule has 2 rings (SSSR count). The van der Waals surface area contributed by atoms with E-state index in [2.05, 4.69) is 20.6 Å². The van der Waals surface area contributed by atoms with Crippen LogP contribution < -0.4 is 5.73 Å². The fourth-order valence-corrected chi connectivity index (χ4v) is 2.84. The van der Waals surface area contributed by atoms with Crippen LogP contribution in [0.25, 0.3) is 0 Å². The predicted molar refractivity (Wildman–Crippen MR) is 70.8 cm³/mol. The highest BCUT2D eigenvalue weighted by atomic mass is 15.5. The number of tetrazole rings is 1. The van der Waals surface area contributed by atoms with Crippen LogP contribution in [0.4, 0.5) is 0 Å². The van der Waals surface area contributed by atoms with Crippen molar-refractivity contribution in [3.63, 3.8) is 0 Å². The summed E-state index contributed by atoms with van der Waals surface area (Å²) in [6.45, 7) is 0. The zero-order valence-corrected chi connectivity index (χ0v) is 11.2. The number of H-pyrrole nitrogens is 1. The molecule has 1 aliphatic carbocycles. The lowest BCUT2D eigenvalue weighted by Gasteiger charge is -2.26. The molecule has 0 radical (unpaired) electrons. The van der Waals surface area contributed by atoms with Crippen molar-refractivity contribution in [2.45, 2.75) is 76.2 Å². The molecular weight excluding hydrogens is 226 g/mol. The molecule has 0 bridgehead atoms. The summed E-state index contributed by atoms with van der Waals surface area (Å²) in [6, 6.07) is 0. The molecule has 0 spiro atoms. The van der Waals surface area contributed by atoms with E-state index in [1.807, 2.05) is 0 Å². The molecule has 1 aromatic rings. The Balaban J connectivity index is 1.96. The molecule has 3 N–H and O–H groups in total. The molecule has 5 nitrogen and oxygen atoms in total. The molecule has 0 saturated heterocycles. The number of nitrogens with two attached hydrogens (primary N) is 1. The molecule has 1 saturated carbocycles. The number of nitrogens with one attached hydrogen (secondary N) is 1. The largest absolute Gasteiger partial charge is 0.319 e. The van der Waals surface area contributed by atoms with Gasteiger partial charge in [-0.3, -0.25) is 0 Å². The van der Waals surface area contributed by atoms with E-state index >= 15 is 0 Å². The maximum Gasteiger partial charge on any atom is 0.194 e. The highest BCUT2D eigenvalue weighted by Gasteiger charge is 2.30. The smallest absolute Gasteiger partial charge is 0.194 e. The van der Waals surface area contributed by atoms with Crippen LogP contribution in [0.1, 0.15) is 76.5 Å². The molecule has 1 heterocycles. The lowest BCUT2D eigenvalue weighted by Crippen LogP contribution is -2.38. The van der Waals surface area contributed by atoms with Gasteiger partial charge < -0.3 is 5.73 Å². The van der Waals surface area contributed by atoms with Crippen molar-refractivity contribution in [2.24, 2.45) is 5.73 Å². The van der Waals surface area contributed by atoms with E-state index in [1.54, 1.807) is 0 Å². The highest BCUT2D eigenvalue weighted by Crippen LogP contribution is 2.28. The maximum atomic E-state index is 6.52. The number of hydrogen-bond donors (Lipinski definition) is 2. The van der Waals surface area contributed by atoms with E-state index < -0.39 is 0 Å². The third kappa shape index (κ3) is 3.77. The Morgan fingerprint density at radius 3 is 1.78 bits per heavy atom. The van der Waals surface area contributed by atoms with Gasteiger partial charge in [-0.25, -0.2) is 0 Å². The van der Waals surface area contributed by atoms with Crippen molar-refractivity contribution in [2.75, 3.05) is 0 Å². The topological polar surface area (TPSA) is 80.5 Å². The van der Waals surface area contributed by atoms with Crippen LogP contribution in [0, 0.1) is 0 Å². The van der Waals surface area contributed by atoms with E-state index in [0.717, 1.165) is 12.8 Å². The first-order valence-corrected chi connectivity index (χ1v) is 7.34. The van der Waals surface area contributed by atoms with Gasteiger partial charge in [0, 0.05) is 0 Å². The molecule has 0 unspecified atom stereocenters. The fraction of sp³-hybridized carbons (Fsp3) is 0.923. The van der Waals surface area contributed by atoms with Crippen molar-refractivity contribution in [3.05, 3.63) is 5.82 Å². The summed E-state index contributed by atoms with van der Waals surface area (Å²) in [6.07, 6.45) is 13.7. The van der Waals surface area contributed by atoms with Gasteiger partial charge in [0.15, 0.2) is 5.82 Å². The van der Waals surface area contributed by atoms with Gasteiger partial charge in [-0.05, 0) is 12.8 Å². The van der Waals surface area contributed by atoms with Crippen molar-refractivity contribution in [1.29, 1.82) is 0 Å². The third-order valence-corrected chi connectivity index (χ3v) is 4.04. The van der Waals surface area contributed by atoms with Crippen molar-refractivity contribution in [3.8, 4) is 0 Å². The molecular formula is C13H25N5. The van der Waals surface area contributed by atoms with E-state index in [0.29, 0.717) is 5.82 Å². The zero-order chi connectivity index (χ0) is 12.7. The van der Waals surface area contributed by atoms with Gasteiger partial charge in [-0.15, -0.1) is 10.2 Å². The molecule has 0 aliphatic heterocycles. The number of nitrogens with zero attached hydrogens (tertiary/aromatic N) is 3. The molecule has 1 aliphatic rings. The Morgan fingerprint density at radius 2 is 1.33 bits per heavy atom. The number of aromatic nitrogens is 4. The average Bonchev–Trinajstić information content (AvgIpc) is 2.88. The van der Waals surface area contributed by atoms with Gasteiger partial charge in [0.25, 0.3) is 0 Å². The first-order valence-electron chi connectivity index (χ1n) is 7.34. The monoisotopic (exact) mass is 251 g/mol. The minimum Gasteiger partial charge on any atom is -0.319 e. The maximum absolute atomic E-state index is 6.52. The first kappa shape index (κ1) is 13.5. The van der Waals surface area contributed by atoms with Gasteiger partial charge in [-0.2, -0.15) is 5.21 Å². The second-order valence-corrected chi connectivity index (χ2v) is 5.57. The molecule has 0 aromatic carbocycles. The number of aromatic amines is 1.